The van der Waals surface area contributed by atoms with Crippen molar-refractivity contribution in [3.63, 3.8) is 0 Å². The summed E-state index contributed by atoms with van der Waals surface area (Å²) in [6.07, 6.45) is 1.95. The molecule has 0 atom stereocenters. The number of nitriles is 1. The van der Waals surface area contributed by atoms with Gasteiger partial charge in [-0.05, 0) is 25.0 Å². The zero-order chi connectivity index (χ0) is 26.3. The van der Waals surface area contributed by atoms with Gasteiger partial charge in [-0.1, -0.05) is 0 Å². The molecule has 0 aromatic carbocycles. The lowest BCUT2D eigenvalue weighted by atomic mass is 9.94. The number of hydrogen-bond acceptors (Lipinski definition) is 8. The predicted molar refractivity (Wildman–Crippen MR) is 131 cm³/mol. The summed E-state index contributed by atoms with van der Waals surface area (Å²) in [5.74, 6) is 1.09. The fourth-order valence-electron chi connectivity index (χ4n) is 4.58. The Morgan fingerprint density at radius 2 is 2.00 bits per heavy atom. The molecule has 2 N–H and O–H groups in total. The van der Waals surface area contributed by atoms with Gasteiger partial charge in [0, 0.05) is 68.8 Å². The van der Waals surface area contributed by atoms with Gasteiger partial charge in [-0.2, -0.15) is 18.4 Å². The maximum atomic E-state index is 13.1. The lowest BCUT2D eigenvalue weighted by molar-refractivity contribution is -0.140. The standard InChI is InChI=1S/C25H24F3N9/c1-31-17-7-8-37(11-16(17)22(30)21-18(9-29)33-13-34-23(21)14-3-4-14)20-6-5-15(10-32-20)24-35-19(12-36(24)2)25(26,27)28/h5-6,10,12-14H,3-4,7-8,11,30H2,1-2H3/b22-16-,31-17?. The fourth-order valence-corrected chi connectivity index (χ4v) is 4.58. The number of piperidine rings is 1. The molecule has 0 radical (unpaired) electrons. The zero-order valence-electron chi connectivity index (χ0n) is 20.3. The molecule has 3 aromatic heterocycles. The smallest absolute Gasteiger partial charge is 0.398 e. The van der Waals surface area contributed by atoms with Crippen LogP contribution in [0.25, 0.3) is 17.1 Å². The highest BCUT2D eigenvalue weighted by Gasteiger charge is 2.35. The Bertz CT molecular complexity index is 1440. The van der Waals surface area contributed by atoms with Crippen molar-refractivity contribution < 1.29 is 13.2 Å². The summed E-state index contributed by atoms with van der Waals surface area (Å²) in [7, 11) is 3.22. The van der Waals surface area contributed by atoms with E-state index in [1.165, 1.54) is 24.1 Å². The van der Waals surface area contributed by atoms with E-state index in [-0.39, 0.29) is 17.4 Å². The van der Waals surface area contributed by atoms with E-state index in [1.807, 2.05) is 4.90 Å². The molecule has 0 amide bonds. The minimum Gasteiger partial charge on any atom is -0.398 e. The van der Waals surface area contributed by atoms with Gasteiger partial charge in [-0.25, -0.2) is 19.9 Å². The van der Waals surface area contributed by atoms with E-state index >= 15 is 0 Å². The molecule has 1 aliphatic heterocycles. The molecule has 12 heteroatoms. The second kappa shape index (κ2) is 9.31. The first-order valence-corrected chi connectivity index (χ1v) is 11.7. The van der Waals surface area contributed by atoms with Crippen LogP contribution < -0.4 is 10.6 Å². The van der Waals surface area contributed by atoms with E-state index < -0.39 is 11.9 Å². The molecule has 2 aliphatic rings. The molecule has 1 aliphatic carbocycles. The fraction of sp³-hybridized carbons (Fsp3) is 0.360. The number of halogens is 3. The van der Waals surface area contributed by atoms with Crippen LogP contribution in [0.4, 0.5) is 19.0 Å². The first kappa shape index (κ1) is 24.4. The van der Waals surface area contributed by atoms with E-state index in [2.05, 4.69) is 31.0 Å². The van der Waals surface area contributed by atoms with Crippen LogP contribution in [0, 0.1) is 11.3 Å². The van der Waals surface area contributed by atoms with Crippen molar-refractivity contribution >= 4 is 17.2 Å². The first-order valence-electron chi connectivity index (χ1n) is 11.7. The topological polar surface area (TPSA) is 122 Å². The Labute approximate surface area is 211 Å². The van der Waals surface area contributed by atoms with Crippen molar-refractivity contribution in [3.05, 3.63) is 59.1 Å². The van der Waals surface area contributed by atoms with Gasteiger partial charge in [0.05, 0.1) is 17.0 Å². The van der Waals surface area contributed by atoms with Crippen LogP contribution in [0.2, 0.25) is 0 Å². The minimum absolute atomic E-state index is 0.177. The van der Waals surface area contributed by atoms with Gasteiger partial charge in [0.1, 0.15) is 24.0 Å². The molecular formula is C25H24F3N9. The molecule has 1 saturated carbocycles. The Morgan fingerprint density at radius 3 is 2.59 bits per heavy atom. The average Bonchev–Trinajstić information content (AvgIpc) is 3.67. The third-order valence-electron chi connectivity index (χ3n) is 6.62. The molecule has 9 nitrogen and oxygen atoms in total. The molecule has 190 valence electrons. The molecule has 0 bridgehead atoms. The van der Waals surface area contributed by atoms with Gasteiger partial charge in [0.2, 0.25) is 0 Å². The van der Waals surface area contributed by atoms with Crippen molar-refractivity contribution in [3.8, 4) is 17.5 Å². The molecule has 3 aromatic rings. The van der Waals surface area contributed by atoms with E-state index in [0.717, 1.165) is 36.0 Å². The quantitative estimate of drug-likeness (QED) is 0.572. The second-order valence-corrected chi connectivity index (χ2v) is 9.07. The number of nitrogens with two attached hydrogens (primary N) is 1. The summed E-state index contributed by atoms with van der Waals surface area (Å²) in [5.41, 5.74) is 9.88. The average molecular weight is 508 g/mol. The summed E-state index contributed by atoms with van der Waals surface area (Å²) in [4.78, 5) is 23.3. The molecule has 1 saturated heterocycles. The summed E-state index contributed by atoms with van der Waals surface area (Å²) < 4.78 is 40.5. The zero-order valence-corrected chi connectivity index (χ0v) is 20.3. The van der Waals surface area contributed by atoms with Crippen LogP contribution in [0.15, 0.2) is 41.4 Å². The predicted octanol–water partition coefficient (Wildman–Crippen LogP) is 3.69. The number of aliphatic imine (C=N–C) groups is 1. The van der Waals surface area contributed by atoms with Crippen LogP contribution in [0.3, 0.4) is 0 Å². The second-order valence-electron chi connectivity index (χ2n) is 9.07. The first-order chi connectivity index (χ1) is 17.7. The van der Waals surface area contributed by atoms with E-state index in [1.54, 1.807) is 19.2 Å². The van der Waals surface area contributed by atoms with Crippen LogP contribution in [-0.4, -0.2) is 50.4 Å². The summed E-state index contributed by atoms with van der Waals surface area (Å²) >= 11 is 0. The van der Waals surface area contributed by atoms with Crippen molar-refractivity contribution in [1.82, 2.24) is 24.5 Å². The molecule has 2 fully saturated rings. The van der Waals surface area contributed by atoms with Crippen molar-refractivity contribution in [2.45, 2.75) is 31.4 Å². The van der Waals surface area contributed by atoms with Crippen molar-refractivity contribution in [2.75, 3.05) is 25.0 Å². The van der Waals surface area contributed by atoms with Gasteiger partial charge >= 0.3 is 6.18 Å². The highest BCUT2D eigenvalue weighted by Crippen LogP contribution is 2.42. The third kappa shape index (κ3) is 4.64. The normalized spacial score (nSPS) is 18.7. The third-order valence-corrected chi connectivity index (χ3v) is 6.62. The van der Waals surface area contributed by atoms with Gasteiger partial charge < -0.3 is 15.2 Å². The van der Waals surface area contributed by atoms with Gasteiger partial charge in [-0.3, -0.25) is 4.99 Å². The van der Waals surface area contributed by atoms with Gasteiger partial charge in [-0.15, -0.1) is 0 Å². The van der Waals surface area contributed by atoms with E-state index in [0.29, 0.717) is 42.2 Å². The number of nitrogens with zero attached hydrogens (tertiary/aromatic N) is 8. The van der Waals surface area contributed by atoms with Crippen LogP contribution in [-0.2, 0) is 13.2 Å². The SMILES string of the molecule is CN=C1CCN(c2ccc(-c3nc(C(F)(F)F)cn3C)cn2)C/C1=C(/N)c1c(C#N)ncnc1C1CC1. The highest BCUT2D eigenvalue weighted by molar-refractivity contribution is 6.08. The van der Waals surface area contributed by atoms with E-state index in [9.17, 15) is 18.4 Å². The van der Waals surface area contributed by atoms with E-state index in [4.69, 9.17) is 5.73 Å². The number of aryl methyl sites for hydroxylation is 1. The molecule has 0 unspecified atom stereocenters. The minimum atomic E-state index is -4.52. The molecule has 37 heavy (non-hydrogen) atoms. The molecule has 4 heterocycles. The van der Waals surface area contributed by atoms with Crippen LogP contribution >= 0.6 is 0 Å². The summed E-state index contributed by atoms with van der Waals surface area (Å²) in [6, 6.07) is 5.59. The van der Waals surface area contributed by atoms with Gasteiger partial charge in [0.25, 0.3) is 0 Å². The van der Waals surface area contributed by atoms with Crippen LogP contribution in [0.5, 0.6) is 0 Å². The number of anilines is 1. The highest BCUT2D eigenvalue weighted by atomic mass is 19.4. The molecule has 0 spiro atoms. The Hall–Kier alpha value is -4.27. The number of pyridine rings is 1. The molecular weight excluding hydrogens is 483 g/mol. The van der Waals surface area contributed by atoms with Crippen molar-refractivity contribution in [1.29, 1.82) is 5.26 Å². The van der Waals surface area contributed by atoms with Crippen molar-refractivity contribution in [2.24, 2.45) is 17.8 Å². The maximum Gasteiger partial charge on any atom is 0.434 e. The number of alkyl halides is 3. The Kier molecular flexibility index (Phi) is 6.15. The Balaban J connectivity index is 1.47. The number of aromatic nitrogens is 5. The van der Waals surface area contributed by atoms with Gasteiger partial charge in [0.15, 0.2) is 11.4 Å². The lowest BCUT2D eigenvalue weighted by Gasteiger charge is -2.32. The lowest BCUT2D eigenvalue weighted by Crippen LogP contribution is -2.37. The molecule has 5 rings (SSSR count). The van der Waals surface area contributed by atoms with Crippen LogP contribution in [0.1, 0.15) is 47.8 Å². The largest absolute Gasteiger partial charge is 0.434 e. The monoisotopic (exact) mass is 507 g/mol. The number of rotatable bonds is 4. The summed E-state index contributed by atoms with van der Waals surface area (Å²) in [6.45, 7) is 1.03. The summed E-state index contributed by atoms with van der Waals surface area (Å²) in [5, 5.41) is 9.69. The number of imidazole rings is 1. The number of hydrogen-bond donors (Lipinski definition) is 1. The maximum absolute atomic E-state index is 13.1. The Morgan fingerprint density at radius 1 is 1.22 bits per heavy atom.